The number of carbonyl (C=O) groups excluding carboxylic acids is 1. The lowest BCUT2D eigenvalue weighted by Gasteiger charge is -2.15. The molecule has 0 saturated heterocycles. The highest BCUT2D eigenvalue weighted by atomic mass is 19.1. The Balaban J connectivity index is 1.26. The van der Waals surface area contributed by atoms with Crippen molar-refractivity contribution in [1.29, 1.82) is 0 Å². The molecule has 0 bridgehead atoms. The molecule has 162 valence electrons. The van der Waals surface area contributed by atoms with Crippen LogP contribution >= 0.6 is 0 Å². The summed E-state index contributed by atoms with van der Waals surface area (Å²) < 4.78 is 16.2. The van der Waals surface area contributed by atoms with Crippen LogP contribution in [0.1, 0.15) is 34.7 Å². The summed E-state index contributed by atoms with van der Waals surface area (Å²) in [4.78, 5) is 34.1. The number of benzene rings is 1. The third kappa shape index (κ3) is 4.01. The highest BCUT2D eigenvalue weighted by Crippen LogP contribution is 2.14. The van der Waals surface area contributed by atoms with Gasteiger partial charge in [-0.2, -0.15) is 5.10 Å². The van der Waals surface area contributed by atoms with Gasteiger partial charge in [0.2, 0.25) is 0 Å². The predicted molar refractivity (Wildman–Crippen MR) is 116 cm³/mol. The monoisotopic (exact) mass is 432 g/mol. The van der Waals surface area contributed by atoms with Crippen LogP contribution in [0.2, 0.25) is 0 Å². The summed E-state index contributed by atoms with van der Waals surface area (Å²) in [5.41, 5.74) is 1.46. The molecule has 1 unspecified atom stereocenters. The van der Waals surface area contributed by atoms with Crippen molar-refractivity contribution in [2.45, 2.75) is 38.4 Å². The van der Waals surface area contributed by atoms with Gasteiger partial charge in [-0.3, -0.25) is 9.36 Å². The van der Waals surface area contributed by atoms with E-state index < -0.39 is 0 Å². The van der Waals surface area contributed by atoms with Crippen molar-refractivity contribution in [2.24, 2.45) is 0 Å². The summed E-state index contributed by atoms with van der Waals surface area (Å²) >= 11 is 0. The number of aryl methyl sites for hydroxylation is 1. The Labute approximate surface area is 182 Å². The molecule has 3 aromatic heterocycles. The molecule has 1 amide bonds. The van der Waals surface area contributed by atoms with Crippen LogP contribution < -0.4 is 11.0 Å². The molecule has 1 aliphatic rings. The van der Waals surface area contributed by atoms with Crippen LogP contribution in [-0.2, 0) is 19.5 Å². The molecular weight excluding hydrogens is 411 g/mol. The summed E-state index contributed by atoms with van der Waals surface area (Å²) in [6.45, 7) is 0.760. The van der Waals surface area contributed by atoms with E-state index in [0.29, 0.717) is 49.5 Å². The maximum absolute atomic E-state index is 13.1. The van der Waals surface area contributed by atoms with Gasteiger partial charge in [0, 0.05) is 30.6 Å². The molecule has 9 heteroatoms. The van der Waals surface area contributed by atoms with Gasteiger partial charge in [0.1, 0.15) is 17.3 Å². The van der Waals surface area contributed by atoms with E-state index >= 15 is 0 Å². The predicted octanol–water partition coefficient (Wildman–Crippen LogP) is 2.31. The number of carbonyl (C=O) groups is 1. The zero-order valence-corrected chi connectivity index (χ0v) is 17.2. The SMILES string of the molecule is O=C(NC1CCc2nn(Cc3ccc(F)cc3)c(=O)n2CC1)c1ccc2cccnc2n1. The summed E-state index contributed by atoms with van der Waals surface area (Å²) in [6, 6.07) is 13.2. The van der Waals surface area contributed by atoms with E-state index in [0.717, 1.165) is 10.9 Å². The van der Waals surface area contributed by atoms with Gasteiger partial charge in [0.05, 0.1) is 6.54 Å². The van der Waals surface area contributed by atoms with Crippen molar-refractivity contribution in [3.05, 3.63) is 88.1 Å². The van der Waals surface area contributed by atoms with Gasteiger partial charge in [-0.15, -0.1) is 0 Å². The minimum absolute atomic E-state index is 0.0876. The summed E-state index contributed by atoms with van der Waals surface area (Å²) in [7, 11) is 0. The molecule has 1 aromatic carbocycles. The van der Waals surface area contributed by atoms with E-state index in [4.69, 9.17) is 0 Å². The van der Waals surface area contributed by atoms with Crippen molar-refractivity contribution in [3.8, 4) is 0 Å². The van der Waals surface area contributed by atoms with Crippen molar-refractivity contribution in [1.82, 2.24) is 29.6 Å². The number of hydrogen-bond acceptors (Lipinski definition) is 5. The number of fused-ring (bicyclic) bond motifs is 2. The highest BCUT2D eigenvalue weighted by Gasteiger charge is 2.23. The zero-order valence-electron chi connectivity index (χ0n) is 17.2. The van der Waals surface area contributed by atoms with Crippen molar-refractivity contribution < 1.29 is 9.18 Å². The third-order valence-electron chi connectivity index (χ3n) is 5.69. The molecule has 32 heavy (non-hydrogen) atoms. The lowest BCUT2D eigenvalue weighted by Crippen LogP contribution is -2.36. The molecule has 1 N–H and O–H groups in total. The fourth-order valence-electron chi connectivity index (χ4n) is 3.98. The first-order valence-corrected chi connectivity index (χ1v) is 10.5. The maximum Gasteiger partial charge on any atom is 0.346 e. The number of hydrogen-bond donors (Lipinski definition) is 1. The van der Waals surface area contributed by atoms with Crippen LogP contribution in [0.15, 0.2) is 59.5 Å². The topological polar surface area (TPSA) is 94.7 Å². The van der Waals surface area contributed by atoms with Crippen LogP contribution in [0.4, 0.5) is 4.39 Å². The number of nitrogens with zero attached hydrogens (tertiary/aromatic N) is 5. The second-order valence-electron chi connectivity index (χ2n) is 7.88. The minimum Gasteiger partial charge on any atom is -0.348 e. The van der Waals surface area contributed by atoms with Gasteiger partial charge in [-0.05, 0) is 54.8 Å². The number of pyridine rings is 2. The van der Waals surface area contributed by atoms with Gasteiger partial charge < -0.3 is 5.32 Å². The largest absolute Gasteiger partial charge is 0.348 e. The van der Waals surface area contributed by atoms with Gasteiger partial charge in [0.25, 0.3) is 5.91 Å². The number of aromatic nitrogens is 5. The smallest absolute Gasteiger partial charge is 0.346 e. The quantitative estimate of drug-likeness (QED) is 0.534. The molecule has 1 atom stereocenters. The Morgan fingerprint density at radius 3 is 2.81 bits per heavy atom. The van der Waals surface area contributed by atoms with E-state index in [-0.39, 0.29) is 23.5 Å². The molecule has 4 aromatic rings. The van der Waals surface area contributed by atoms with Gasteiger partial charge >= 0.3 is 5.69 Å². The van der Waals surface area contributed by atoms with Crippen molar-refractivity contribution in [3.63, 3.8) is 0 Å². The minimum atomic E-state index is -0.315. The number of amides is 1. The van der Waals surface area contributed by atoms with Crippen molar-refractivity contribution in [2.75, 3.05) is 0 Å². The van der Waals surface area contributed by atoms with Crippen molar-refractivity contribution >= 4 is 16.9 Å². The number of halogens is 1. The Hall–Kier alpha value is -3.88. The summed E-state index contributed by atoms with van der Waals surface area (Å²) in [5, 5.41) is 8.38. The Bertz CT molecular complexity index is 1340. The molecule has 0 fully saturated rings. The molecule has 0 aliphatic carbocycles. The highest BCUT2D eigenvalue weighted by molar-refractivity contribution is 5.94. The Morgan fingerprint density at radius 2 is 1.97 bits per heavy atom. The molecule has 4 heterocycles. The fourth-order valence-corrected chi connectivity index (χ4v) is 3.98. The average Bonchev–Trinajstić information content (AvgIpc) is 2.97. The van der Waals surface area contributed by atoms with Crippen LogP contribution in [0, 0.1) is 5.82 Å². The van der Waals surface area contributed by atoms with Gasteiger partial charge in [-0.25, -0.2) is 23.8 Å². The second-order valence-corrected chi connectivity index (χ2v) is 7.88. The molecule has 8 nitrogen and oxygen atoms in total. The summed E-state index contributed by atoms with van der Waals surface area (Å²) in [5.74, 6) is 0.127. The Kier molecular flexibility index (Phi) is 5.22. The first-order chi connectivity index (χ1) is 15.6. The number of rotatable bonds is 4. The molecular formula is C23H21FN6O2. The first kappa shape index (κ1) is 20.0. The number of nitrogens with one attached hydrogen (secondary N) is 1. The molecule has 0 saturated carbocycles. The average molecular weight is 432 g/mol. The third-order valence-corrected chi connectivity index (χ3v) is 5.69. The van der Waals surface area contributed by atoms with E-state index in [1.807, 2.05) is 18.2 Å². The standard InChI is InChI=1S/C23H21FN6O2/c24-17-6-3-15(4-7-17)14-30-23(32)29-13-11-18(8-10-20(29)28-30)26-22(31)19-9-5-16-2-1-12-25-21(16)27-19/h1-7,9,12,18H,8,10-11,13-14H2,(H,26,31). The van der Waals surface area contributed by atoms with Crippen LogP contribution in [-0.4, -0.2) is 36.3 Å². The molecule has 5 rings (SSSR count). The van der Waals surface area contributed by atoms with E-state index in [1.54, 1.807) is 29.0 Å². The van der Waals surface area contributed by atoms with Gasteiger partial charge in [0.15, 0.2) is 5.65 Å². The normalized spacial score (nSPS) is 15.8. The second kappa shape index (κ2) is 8.33. The summed E-state index contributed by atoms with van der Waals surface area (Å²) in [6.07, 6.45) is 3.51. The van der Waals surface area contributed by atoms with Gasteiger partial charge in [-0.1, -0.05) is 12.1 Å². The molecule has 1 aliphatic heterocycles. The molecule has 0 spiro atoms. The fraction of sp³-hybridized carbons (Fsp3) is 0.261. The first-order valence-electron chi connectivity index (χ1n) is 10.5. The van der Waals surface area contributed by atoms with E-state index in [2.05, 4.69) is 20.4 Å². The van der Waals surface area contributed by atoms with E-state index in [9.17, 15) is 14.0 Å². The Morgan fingerprint density at radius 1 is 1.12 bits per heavy atom. The van der Waals surface area contributed by atoms with Crippen LogP contribution in [0.25, 0.3) is 11.0 Å². The van der Waals surface area contributed by atoms with Crippen LogP contribution in [0.5, 0.6) is 0 Å². The molecule has 0 radical (unpaired) electrons. The zero-order chi connectivity index (χ0) is 22.1. The lowest BCUT2D eigenvalue weighted by atomic mass is 10.1. The maximum atomic E-state index is 13.1. The van der Waals surface area contributed by atoms with Crippen LogP contribution in [0.3, 0.4) is 0 Å². The van der Waals surface area contributed by atoms with E-state index in [1.165, 1.54) is 16.8 Å². The lowest BCUT2D eigenvalue weighted by molar-refractivity contribution is 0.0928.